The van der Waals surface area contributed by atoms with Crippen molar-refractivity contribution in [2.75, 3.05) is 13.1 Å². The van der Waals surface area contributed by atoms with Crippen LogP contribution in [0.3, 0.4) is 0 Å². The molecule has 0 aliphatic heterocycles. The number of aliphatic carboxylic acids is 1. The molecule has 0 amide bonds. The van der Waals surface area contributed by atoms with E-state index in [0.717, 1.165) is 32.2 Å². The molecule has 0 rings (SSSR count). The lowest BCUT2D eigenvalue weighted by Gasteiger charge is -2.24. The number of rotatable bonds is 8. The van der Waals surface area contributed by atoms with Crippen LogP contribution >= 0.6 is 0 Å². The Morgan fingerprint density at radius 1 is 1.36 bits per heavy atom. The van der Waals surface area contributed by atoms with E-state index in [4.69, 9.17) is 5.11 Å². The molecule has 0 saturated heterocycles. The Labute approximate surface area is 86.9 Å². The number of carbonyl (C=O) groups is 1. The van der Waals surface area contributed by atoms with E-state index in [2.05, 4.69) is 12.2 Å². The molecule has 1 unspecified atom stereocenters. The van der Waals surface area contributed by atoms with Gasteiger partial charge in [0.05, 0.1) is 5.41 Å². The Bertz CT molecular complexity index is 171. The van der Waals surface area contributed by atoms with Gasteiger partial charge in [-0.2, -0.15) is 0 Å². The summed E-state index contributed by atoms with van der Waals surface area (Å²) < 4.78 is 0. The standard InChI is InChI=1S/C11H23NO2/c1-4-6-8-12-9-11(3,7-5-2)10(13)14/h12H,4-9H2,1-3H3,(H,13,14). The summed E-state index contributed by atoms with van der Waals surface area (Å²) in [5, 5.41) is 12.3. The van der Waals surface area contributed by atoms with E-state index in [9.17, 15) is 4.79 Å². The zero-order valence-electron chi connectivity index (χ0n) is 9.60. The molecule has 3 heteroatoms. The van der Waals surface area contributed by atoms with Crippen LogP contribution in [0.25, 0.3) is 0 Å². The van der Waals surface area contributed by atoms with Crippen LogP contribution in [0, 0.1) is 5.41 Å². The van der Waals surface area contributed by atoms with Crippen molar-refractivity contribution >= 4 is 5.97 Å². The van der Waals surface area contributed by atoms with Crippen LogP contribution in [-0.2, 0) is 4.79 Å². The lowest BCUT2D eigenvalue weighted by molar-refractivity contribution is -0.148. The van der Waals surface area contributed by atoms with Gasteiger partial charge in [-0.05, 0) is 26.3 Å². The third-order valence-corrected chi connectivity index (χ3v) is 2.54. The first-order chi connectivity index (χ1) is 6.56. The van der Waals surface area contributed by atoms with Gasteiger partial charge in [0, 0.05) is 6.54 Å². The van der Waals surface area contributed by atoms with Crippen molar-refractivity contribution in [1.82, 2.24) is 5.32 Å². The van der Waals surface area contributed by atoms with Gasteiger partial charge in [-0.15, -0.1) is 0 Å². The first-order valence-corrected chi connectivity index (χ1v) is 5.51. The SMILES string of the molecule is CCCCNCC(C)(CCC)C(=O)O. The van der Waals surface area contributed by atoms with Gasteiger partial charge in [-0.25, -0.2) is 0 Å². The minimum atomic E-state index is -0.691. The van der Waals surface area contributed by atoms with E-state index < -0.39 is 11.4 Å². The molecule has 0 saturated carbocycles. The van der Waals surface area contributed by atoms with Gasteiger partial charge in [-0.1, -0.05) is 26.7 Å². The van der Waals surface area contributed by atoms with Gasteiger partial charge >= 0.3 is 5.97 Å². The smallest absolute Gasteiger partial charge is 0.310 e. The van der Waals surface area contributed by atoms with Crippen molar-refractivity contribution in [3.8, 4) is 0 Å². The third kappa shape index (κ3) is 4.61. The number of nitrogens with one attached hydrogen (secondary N) is 1. The van der Waals surface area contributed by atoms with Crippen molar-refractivity contribution in [2.45, 2.75) is 46.5 Å². The maximum absolute atomic E-state index is 11.0. The monoisotopic (exact) mass is 201 g/mol. The molecule has 2 N–H and O–H groups in total. The van der Waals surface area contributed by atoms with E-state index in [1.165, 1.54) is 0 Å². The van der Waals surface area contributed by atoms with Gasteiger partial charge in [0.15, 0.2) is 0 Å². The van der Waals surface area contributed by atoms with E-state index in [1.54, 1.807) is 0 Å². The average Bonchev–Trinajstić information content (AvgIpc) is 2.13. The first kappa shape index (κ1) is 13.4. The Morgan fingerprint density at radius 3 is 2.43 bits per heavy atom. The Hall–Kier alpha value is -0.570. The molecule has 0 radical (unpaired) electrons. The van der Waals surface area contributed by atoms with Crippen molar-refractivity contribution in [1.29, 1.82) is 0 Å². The highest BCUT2D eigenvalue weighted by Gasteiger charge is 2.31. The molecule has 0 fully saturated rings. The number of carboxylic acids is 1. The molecule has 3 nitrogen and oxygen atoms in total. The summed E-state index contributed by atoms with van der Waals surface area (Å²) in [5.41, 5.74) is -0.595. The number of unbranched alkanes of at least 4 members (excludes halogenated alkanes) is 1. The van der Waals surface area contributed by atoms with Crippen molar-refractivity contribution in [3.05, 3.63) is 0 Å². The zero-order valence-corrected chi connectivity index (χ0v) is 9.60. The van der Waals surface area contributed by atoms with Crippen LogP contribution in [0.1, 0.15) is 46.5 Å². The second-order valence-corrected chi connectivity index (χ2v) is 4.15. The molecular weight excluding hydrogens is 178 g/mol. The maximum atomic E-state index is 11.0. The fourth-order valence-corrected chi connectivity index (χ4v) is 1.49. The summed E-state index contributed by atoms with van der Waals surface area (Å²) in [4.78, 5) is 11.0. The third-order valence-electron chi connectivity index (χ3n) is 2.54. The molecule has 0 heterocycles. The fourth-order valence-electron chi connectivity index (χ4n) is 1.49. The Kier molecular flexibility index (Phi) is 6.54. The van der Waals surface area contributed by atoms with Crippen LogP contribution in [0.15, 0.2) is 0 Å². The van der Waals surface area contributed by atoms with Crippen LogP contribution in [0.4, 0.5) is 0 Å². The van der Waals surface area contributed by atoms with E-state index in [1.807, 2.05) is 13.8 Å². The summed E-state index contributed by atoms with van der Waals surface area (Å²) in [7, 11) is 0. The van der Waals surface area contributed by atoms with Crippen LogP contribution in [0.2, 0.25) is 0 Å². The topological polar surface area (TPSA) is 49.3 Å². The first-order valence-electron chi connectivity index (χ1n) is 5.51. The summed E-state index contributed by atoms with van der Waals surface area (Å²) in [6.45, 7) is 7.47. The molecule has 1 atom stereocenters. The second-order valence-electron chi connectivity index (χ2n) is 4.15. The Balaban J connectivity index is 3.90. The van der Waals surface area contributed by atoms with Crippen LogP contribution in [-0.4, -0.2) is 24.2 Å². The molecule has 0 spiro atoms. The fraction of sp³-hybridized carbons (Fsp3) is 0.909. The Morgan fingerprint density at radius 2 is 2.00 bits per heavy atom. The summed E-state index contributed by atoms with van der Waals surface area (Å²) in [5.74, 6) is -0.691. The molecule has 0 aromatic heterocycles. The van der Waals surface area contributed by atoms with Gasteiger partial charge in [-0.3, -0.25) is 4.79 Å². The normalized spacial score (nSPS) is 15.1. The predicted octanol–water partition coefficient (Wildman–Crippen LogP) is 2.27. The maximum Gasteiger partial charge on any atom is 0.310 e. The molecule has 0 aromatic carbocycles. The van der Waals surface area contributed by atoms with E-state index in [0.29, 0.717) is 6.54 Å². The largest absolute Gasteiger partial charge is 0.481 e. The highest BCUT2D eigenvalue weighted by atomic mass is 16.4. The van der Waals surface area contributed by atoms with E-state index in [-0.39, 0.29) is 0 Å². The molecule has 14 heavy (non-hydrogen) atoms. The molecule has 0 aromatic rings. The summed E-state index contributed by atoms with van der Waals surface area (Å²) in [6.07, 6.45) is 3.91. The number of hydrogen-bond donors (Lipinski definition) is 2. The lowest BCUT2D eigenvalue weighted by Crippen LogP contribution is -2.38. The van der Waals surface area contributed by atoms with Crippen molar-refractivity contribution < 1.29 is 9.90 Å². The predicted molar refractivity (Wildman–Crippen MR) is 58.4 cm³/mol. The van der Waals surface area contributed by atoms with Crippen LogP contribution in [0.5, 0.6) is 0 Å². The van der Waals surface area contributed by atoms with Gasteiger partial charge in [0.25, 0.3) is 0 Å². The minimum Gasteiger partial charge on any atom is -0.481 e. The van der Waals surface area contributed by atoms with Crippen molar-refractivity contribution in [3.63, 3.8) is 0 Å². The van der Waals surface area contributed by atoms with Gasteiger partial charge in [0.2, 0.25) is 0 Å². The molecular formula is C11H23NO2. The quantitative estimate of drug-likeness (QED) is 0.592. The summed E-state index contributed by atoms with van der Waals surface area (Å²) in [6, 6.07) is 0. The summed E-state index contributed by atoms with van der Waals surface area (Å²) >= 11 is 0. The van der Waals surface area contributed by atoms with Crippen LogP contribution < -0.4 is 5.32 Å². The molecule has 0 aliphatic carbocycles. The second kappa shape index (κ2) is 6.82. The van der Waals surface area contributed by atoms with E-state index >= 15 is 0 Å². The highest BCUT2D eigenvalue weighted by Crippen LogP contribution is 2.22. The zero-order chi connectivity index (χ0) is 11.0. The number of carboxylic acid groups (broad SMARTS) is 1. The lowest BCUT2D eigenvalue weighted by atomic mass is 9.85. The number of hydrogen-bond acceptors (Lipinski definition) is 2. The van der Waals surface area contributed by atoms with Gasteiger partial charge < -0.3 is 10.4 Å². The average molecular weight is 201 g/mol. The van der Waals surface area contributed by atoms with Gasteiger partial charge in [0.1, 0.15) is 0 Å². The minimum absolute atomic E-state index is 0.580. The van der Waals surface area contributed by atoms with Crippen molar-refractivity contribution in [2.24, 2.45) is 5.41 Å². The molecule has 0 aliphatic rings. The molecule has 0 bridgehead atoms. The highest BCUT2D eigenvalue weighted by molar-refractivity contribution is 5.74. The molecule has 84 valence electrons.